The number of rotatable bonds is 9. The lowest BCUT2D eigenvalue weighted by molar-refractivity contribution is 0.769. The minimum atomic E-state index is -0.538. The molecule has 12 aromatic rings. The second-order valence-electron chi connectivity index (χ2n) is 18.4. The summed E-state index contributed by atoms with van der Waals surface area (Å²) in [5, 5.41) is 2.45. The van der Waals surface area contributed by atoms with Gasteiger partial charge >= 0.3 is 0 Å². The monoisotopic (exact) mass is 902 g/mol. The smallest absolute Gasteiger partial charge is 0.160 e. The summed E-state index contributed by atoms with van der Waals surface area (Å²) in [7, 11) is 0. The van der Waals surface area contributed by atoms with Crippen molar-refractivity contribution in [1.82, 2.24) is 9.97 Å². The largest absolute Gasteiger partial charge is 0.228 e. The second-order valence-corrected chi connectivity index (χ2v) is 18.4. The van der Waals surface area contributed by atoms with Crippen LogP contribution < -0.4 is 0 Å². The maximum absolute atomic E-state index is 5.27. The molecule has 11 aromatic carbocycles. The molecular formula is C69H46N2. The van der Waals surface area contributed by atoms with E-state index in [1.165, 1.54) is 72.0 Å². The van der Waals surface area contributed by atoms with Crippen molar-refractivity contribution in [1.29, 1.82) is 0 Å². The number of benzene rings is 11. The van der Waals surface area contributed by atoms with Crippen LogP contribution in [0.2, 0.25) is 0 Å². The molecule has 0 fully saturated rings. The van der Waals surface area contributed by atoms with Gasteiger partial charge in [0.2, 0.25) is 0 Å². The van der Waals surface area contributed by atoms with Crippen LogP contribution >= 0.6 is 0 Å². The van der Waals surface area contributed by atoms with Crippen molar-refractivity contribution in [3.05, 3.63) is 301 Å². The maximum atomic E-state index is 5.27. The molecule has 1 aliphatic rings. The average Bonchev–Trinajstić information content (AvgIpc) is 3.76. The SMILES string of the molecule is c1ccc(-c2ccc(-c3cc(-c4ccccc4)nc(-c4cccc(-c5cccc(-c6cc7c(cc6-c6cccc8ccccc68)-c6ccccc6C7(c6ccccc6)c6ccccc6)c5)c4)n3)cc2)cc1. The maximum Gasteiger partial charge on any atom is 0.160 e. The van der Waals surface area contributed by atoms with Crippen molar-refractivity contribution < 1.29 is 0 Å². The molecule has 0 N–H and O–H groups in total. The van der Waals surface area contributed by atoms with E-state index in [0.29, 0.717) is 5.82 Å². The Labute approximate surface area is 414 Å². The van der Waals surface area contributed by atoms with Gasteiger partial charge in [-0.15, -0.1) is 0 Å². The molecule has 0 saturated carbocycles. The first-order valence-electron chi connectivity index (χ1n) is 24.4. The summed E-state index contributed by atoms with van der Waals surface area (Å²) in [6.07, 6.45) is 0. The zero-order valence-corrected chi connectivity index (χ0v) is 39.0. The molecule has 0 atom stereocenters. The van der Waals surface area contributed by atoms with Crippen LogP contribution in [0.1, 0.15) is 22.3 Å². The molecule has 1 heterocycles. The van der Waals surface area contributed by atoms with Crippen molar-refractivity contribution in [3.63, 3.8) is 0 Å². The van der Waals surface area contributed by atoms with Gasteiger partial charge in [-0.3, -0.25) is 0 Å². The molecule has 13 rings (SSSR count). The molecule has 0 bridgehead atoms. The number of aromatic nitrogens is 2. The number of hydrogen-bond donors (Lipinski definition) is 0. The van der Waals surface area contributed by atoms with Gasteiger partial charge < -0.3 is 0 Å². The Hall–Kier alpha value is -9.24. The Morgan fingerprint density at radius 1 is 0.239 bits per heavy atom. The first kappa shape index (κ1) is 41.9. The molecule has 0 aliphatic heterocycles. The fraction of sp³-hybridized carbons (Fsp3) is 0.0145. The molecule has 1 aromatic heterocycles. The van der Waals surface area contributed by atoms with Crippen molar-refractivity contribution in [2.75, 3.05) is 0 Å². The third kappa shape index (κ3) is 7.37. The van der Waals surface area contributed by atoms with Crippen LogP contribution in [0.5, 0.6) is 0 Å². The molecule has 1 aliphatic carbocycles. The molecule has 0 unspecified atom stereocenters. The molecule has 71 heavy (non-hydrogen) atoms. The van der Waals surface area contributed by atoms with E-state index in [9.17, 15) is 0 Å². The van der Waals surface area contributed by atoms with Crippen LogP contribution in [-0.4, -0.2) is 9.97 Å². The summed E-state index contributed by atoms with van der Waals surface area (Å²) < 4.78 is 0. The van der Waals surface area contributed by atoms with Crippen molar-refractivity contribution >= 4 is 10.8 Å². The van der Waals surface area contributed by atoms with Gasteiger partial charge in [-0.05, 0) is 119 Å². The van der Waals surface area contributed by atoms with Crippen molar-refractivity contribution in [3.8, 4) is 89.5 Å². The molecule has 2 heteroatoms. The Kier molecular flexibility index (Phi) is 10.4. The quantitative estimate of drug-likeness (QED) is 0.144. The predicted molar refractivity (Wildman–Crippen MR) is 295 cm³/mol. The van der Waals surface area contributed by atoms with E-state index in [0.717, 1.165) is 44.8 Å². The highest BCUT2D eigenvalue weighted by molar-refractivity contribution is 6.03. The summed E-state index contributed by atoms with van der Waals surface area (Å²) in [6.45, 7) is 0. The summed E-state index contributed by atoms with van der Waals surface area (Å²) in [5.74, 6) is 0.682. The van der Waals surface area contributed by atoms with Gasteiger partial charge in [0.1, 0.15) is 0 Å². The summed E-state index contributed by atoms with van der Waals surface area (Å²) >= 11 is 0. The summed E-state index contributed by atoms with van der Waals surface area (Å²) in [4.78, 5) is 10.5. The molecule has 2 nitrogen and oxygen atoms in total. The van der Waals surface area contributed by atoms with Gasteiger partial charge in [0.25, 0.3) is 0 Å². The lowest BCUT2D eigenvalue weighted by atomic mass is 9.67. The lowest BCUT2D eigenvalue weighted by Gasteiger charge is -2.34. The number of fused-ring (bicyclic) bond motifs is 4. The van der Waals surface area contributed by atoms with Crippen LogP contribution in [0.25, 0.3) is 100 Å². The van der Waals surface area contributed by atoms with Gasteiger partial charge in [0.15, 0.2) is 5.82 Å². The Morgan fingerprint density at radius 2 is 0.704 bits per heavy atom. The number of nitrogens with zero attached hydrogens (tertiary/aromatic N) is 2. The highest BCUT2D eigenvalue weighted by Crippen LogP contribution is 2.58. The third-order valence-electron chi connectivity index (χ3n) is 14.4. The molecule has 0 radical (unpaired) electrons. The summed E-state index contributed by atoms with van der Waals surface area (Å²) in [6, 6.07) is 101. The van der Waals surface area contributed by atoms with Gasteiger partial charge in [0.05, 0.1) is 16.8 Å². The van der Waals surface area contributed by atoms with Crippen molar-refractivity contribution in [2.24, 2.45) is 0 Å². The molecular weight excluding hydrogens is 857 g/mol. The Bertz CT molecular complexity index is 3860. The van der Waals surface area contributed by atoms with Crippen LogP contribution in [-0.2, 0) is 5.41 Å². The van der Waals surface area contributed by atoms with Crippen LogP contribution in [0.15, 0.2) is 279 Å². The van der Waals surface area contributed by atoms with Crippen LogP contribution in [0.4, 0.5) is 0 Å². The predicted octanol–water partition coefficient (Wildman–Crippen LogP) is 17.7. The van der Waals surface area contributed by atoms with Gasteiger partial charge in [-0.2, -0.15) is 0 Å². The first-order valence-corrected chi connectivity index (χ1v) is 24.4. The Balaban J connectivity index is 0.979. The van der Waals surface area contributed by atoms with E-state index in [4.69, 9.17) is 9.97 Å². The Morgan fingerprint density at radius 3 is 1.39 bits per heavy atom. The standard InChI is InChI=1S/C69H46N2/c1-5-20-47(21-6-1)48-38-40-51(41-39-48)67-46-66(50-23-7-2-8-24-50)70-68(71-67)55-29-18-27-53(43-55)52-26-17-28-54(42-52)61-45-65-63(44-62(61)59-36-19-25-49-22-13-14-34-58(49)59)60-35-15-16-37-64(60)69(65,56-30-9-3-10-31-56)57-32-11-4-12-33-57/h1-46H. The van der Waals surface area contributed by atoms with E-state index in [1.54, 1.807) is 0 Å². The zero-order chi connectivity index (χ0) is 47.1. The van der Waals surface area contributed by atoms with E-state index in [1.807, 2.05) is 6.07 Å². The van der Waals surface area contributed by atoms with E-state index in [-0.39, 0.29) is 0 Å². The van der Waals surface area contributed by atoms with Crippen molar-refractivity contribution in [2.45, 2.75) is 5.41 Å². The second kappa shape index (κ2) is 17.7. The van der Waals surface area contributed by atoms with E-state index in [2.05, 4.69) is 273 Å². The zero-order valence-electron chi connectivity index (χ0n) is 39.0. The fourth-order valence-electron chi connectivity index (χ4n) is 11.1. The van der Waals surface area contributed by atoms with Gasteiger partial charge in [0, 0.05) is 16.7 Å². The molecule has 0 spiro atoms. The minimum absolute atomic E-state index is 0.538. The van der Waals surface area contributed by atoms with Crippen LogP contribution in [0.3, 0.4) is 0 Å². The normalized spacial score (nSPS) is 12.3. The van der Waals surface area contributed by atoms with Crippen LogP contribution in [0, 0.1) is 0 Å². The topological polar surface area (TPSA) is 25.8 Å². The highest BCUT2D eigenvalue weighted by Gasteiger charge is 2.46. The average molecular weight is 903 g/mol. The molecule has 0 amide bonds. The fourth-order valence-corrected chi connectivity index (χ4v) is 11.1. The third-order valence-corrected chi connectivity index (χ3v) is 14.4. The van der Waals surface area contributed by atoms with E-state index >= 15 is 0 Å². The lowest BCUT2D eigenvalue weighted by Crippen LogP contribution is -2.28. The van der Waals surface area contributed by atoms with Gasteiger partial charge in [-0.25, -0.2) is 9.97 Å². The first-order chi connectivity index (χ1) is 35.2. The summed E-state index contributed by atoms with van der Waals surface area (Å²) in [5.41, 5.74) is 21.2. The number of hydrogen-bond acceptors (Lipinski definition) is 2. The highest BCUT2D eigenvalue weighted by atomic mass is 14.9. The molecule has 332 valence electrons. The minimum Gasteiger partial charge on any atom is -0.228 e. The molecule has 0 saturated heterocycles. The van der Waals surface area contributed by atoms with Gasteiger partial charge in [-0.1, -0.05) is 249 Å². The van der Waals surface area contributed by atoms with E-state index < -0.39 is 5.41 Å².